The van der Waals surface area contributed by atoms with Gasteiger partial charge in [0.05, 0.1) is 10.6 Å². The van der Waals surface area contributed by atoms with Crippen LogP contribution >= 0.6 is 11.6 Å². The Kier molecular flexibility index (Phi) is 7.66. The molecule has 0 aliphatic carbocycles. The van der Waals surface area contributed by atoms with Crippen LogP contribution in [0.2, 0.25) is 5.02 Å². The maximum Gasteiger partial charge on any atom is 0.417 e. The summed E-state index contributed by atoms with van der Waals surface area (Å²) >= 11 is 5.76. The lowest BCUT2D eigenvalue weighted by Crippen LogP contribution is -2.12. The fourth-order valence-corrected chi connectivity index (χ4v) is 3.93. The summed E-state index contributed by atoms with van der Waals surface area (Å²) in [5, 5.41) is -0.444. The van der Waals surface area contributed by atoms with Crippen molar-refractivity contribution >= 4 is 17.4 Å². The van der Waals surface area contributed by atoms with Crippen LogP contribution in [0.25, 0.3) is 11.1 Å². The minimum Gasteiger partial charge on any atom is -0.457 e. The molecule has 0 aliphatic rings. The summed E-state index contributed by atoms with van der Waals surface area (Å²) in [6.07, 6.45) is -4.16. The summed E-state index contributed by atoms with van der Waals surface area (Å²) in [6.45, 7) is 5.33. The summed E-state index contributed by atoms with van der Waals surface area (Å²) < 4.78 is 73.2. The Labute approximate surface area is 199 Å². The third-order valence-electron chi connectivity index (χ3n) is 5.21. The summed E-state index contributed by atoms with van der Waals surface area (Å²) in [5.74, 6) is -2.21. The van der Waals surface area contributed by atoms with Crippen LogP contribution in [-0.4, -0.2) is 5.78 Å². The van der Waals surface area contributed by atoms with Crippen molar-refractivity contribution in [3.05, 3.63) is 82.4 Å². The summed E-state index contributed by atoms with van der Waals surface area (Å²) in [5.41, 5.74) is 0.0494. The SMILES string of the molecule is CC(=O)C(CC(C)C)c1cc(Oc2cc(F)cc(F)c2)cc(-c2ccc(Cl)c(C(F)(F)F)c2)c1. The molecule has 8 heteroatoms. The van der Waals surface area contributed by atoms with E-state index in [0.717, 1.165) is 24.3 Å². The van der Waals surface area contributed by atoms with Gasteiger partial charge in [-0.05, 0) is 60.2 Å². The minimum absolute atomic E-state index is 0.121. The molecule has 2 nitrogen and oxygen atoms in total. The van der Waals surface area contributed by atoms with Crippen molar-refractivity contribution in [2.75, 3.05) is 0 Å². The van der Waals surface area contributed by atoms with Crippen molar-refractivity contribution < 1.29 is 31.5 Å². The van der Waals surface area contributed by atoms with Gasteiger partial charge in [0.1, 0.15) is 28.9 Å². The average molecular weight is 497 g/mol. The number of ketones is 1. The molecule has 0 fully saturated rings. The van der Waals surface area contributed by atoms with Crippen LogP contribution in [0.3, 0.4) is 0 Å². The number of hydrogen-bond acceptors (Lipinski definition) is 2. The van der Waals surface area contributed by atoms with Crippen LogP contribution in [0.1, 0.15) is 44.2 Å². The standard InChI is InChI=1S/C26H22ClF5O2/c1-14(2)6-23(15(3)33)18-7-17(16-4-5-25(27)24(10-16)26(30,31)32)8-21(9-18)34-22-12-19(28)11-20(29)13-22/h4-5,7-14,23H,6H2,1-3H3. The molecule has 0 N–H and O–H groups in total. The molecular weight excluding hydrogens is 475 g/mol. The monoisotopic (exact) mass is 496 g/mol. The van der Waals surface area contributed by atoms with E-state index in [1.54, 1.807) is 12.1 Å². The molecule has 0 saturated carbocycles. The van der Waals surface area contributed by atoms with Gasteiger partial charge in [-0.1, -0.05) is 37.6 Å². The Hall–Kier alpha value is -2.93. The summed E-state index contributed by atoms with van der Waals surface area (Å²) in [7, 11) is 0. The zero-order valence-electron chi connectivity index (χ0n) is 18.6. The topological polar surface area (TPSA) is 26.3 Å². The number of rotatable bonds is 7. The number of alkyl halides is 3. The second-order valence-corrected chi connectivity index (χ2v) is 8.89. The lowest BCUT2D eigenvalue weighted by atomic mass is 9.86. The van der Waals surface area contributed by atoms with Crippen LogP contribution in [0.4, 0.5) is 22.0 Å². The lowest BCUT2D eigenvalue weighted by molar-refractivity contribution is -0.137. The second-order valence-electron chi connectivity index (χ2n) is 8.48. The third kappa shape index (κ3) is 6.35. The second kappa shape index (κ2) is 10.1. The Balaban J connectivity index is 2.17. The van der Waals surface area contributed by atoms with Crippen molar-refractivity contribution in [1.82, 2.24) is 0 Å². The fraction of sp³-hybridized carbons (Fsp3) is 0.269. The minimum atomic E-state index is -4.66. The van der Waals surface area contributed by atoms with Crippen molar-refractivity contribution in [2.24, 2.45) is 5.92 Å². The number of halogens is 6. The Morgan fingerprint density at radius 1 is 0.912 bits per heavy atom. The van der Waals surface area contributed by atoms with Gasteiger partial charge in [0, 0.05) is 24.1 Å². The highest BCUT2D eigenvalue weighted by molar-refractivity contribution is 6.31. The summed E-state index contributed by atoms with van der Waals surface area (Å²) in [6, 6.07) is 10.8. The number of carbonyl (C=O) groups excluding carboxylic acids is 1. The molecule has 0 bridgehead atoms. The van der Waals surface area contributed by atoms with Crippen molar-refractivity contribution in [3.63, 3.8) is 0 Å². The Morgan fingerprint density at radius 3 is 2.09 bits per heavy atom. The van der Waals surface area contributed by atoms with E-state index in [4.69, 9.17) is 16.3 Å². The molecule has 3 aromatic rings. The quantitative estimate of drug-likeness (QED) is 0.305. The molecule has 180 valence electrons. The van der Waals surface area contributed by atoms with Gasteiger partial charge in [0.25, 0.3) is 0 Å². The lowest BCUT2D eigenvalue weighted by Gasteiger charge is -2.20. The van der Waals surface area contributed by atoms with Gasteiger partial charge in [0.2, 0.25) is 0 Å². The third-order valence-corrected chi connectivity index (χ3v) is 5.54. The zero-order valence-corrected chi connectivity index (χ0v) is 19.4. The summed E-state index contributed by atoms with van der Waals surface area (Å²) in [4.78, 5) is 12.4. The number of ether oxygens (including phenoxy) is 1. The number of hydrogen-bond donors (Lipinski definition) is 0. The Morgan fingerprint density at radius 2 is 1.53 bits per heavy atom. The van der Waals surface area contributed by atoms with E-state index < -0.39 is 34.3 Å². The highest BCUT2D eigenvalue weighted by Crippen LogP contribution is 2.39. The molecule has 1 atom stereocenters. The van der Waals surface area contributed by atoms with Crippen LogP contribution in [0.5, 0.6) is 11.5 Å². The van der Waals surface area contributed by atoms with Gasteiger partial charge in [0.15, 0.2) is 0 Å². The van der Waals surface area contributed by atoms with Crippen LogP contribution in [0.15, 0.2) is 54.6 Å². The average Bonchev–Trinajstić information content (AvgIpc) is 2.70. The molecule has 0 heterocycles. The van der Waals surface area contributed by atoms with Gasteiger partial charge in [-0.25, -0.2) is 8.78 Å². The van der Waals surface area contributed by atoms with Crippen LogP contribution < -0.4 is 4.74 Å². The van der Waals surface area contributed by atoms with E-state index in [9.17, 15) is 26.7 Å². The van der Waals surface area contributed by atoms with Gasteiger partial charge < -0.3 is 4.74 Å². The Bertz CT molecular complexity index is 1180. The predicted molar refractivity (Wildman–Crippen MR) is 121 cm³/mol. The fourth-order valence-electron chi connectivity index (χ4n) is 3.70. The molecule has 0 amide bonds. The van der Waals surface area contributed by atoms with Gasteiger partial charge in [-0.3, -0.25) is 4.79 Å². The van der Waals surface area contributed by atoms with E-state index in [-0.39, 0.29) is 28.8 Å². The van der Waals surface area contributed by atoms with E-state index in [1.807, 2.05) is 13.8 Å². The highest BCUT2D eigenvalue weighted by atomic mass is 35.5. The van der Waals surface area contributed by atoms with Gasteiger partial charge in [-0.2, -0.15) is 13.2 Å². The maximum atomic E-state index is 13.6. The molecule has 0 aromatic heterocycles. The highest BCUT2D eigenvalue weighted by Gasteiger charge is 2.33. The molecule has 34 heavy (non-hydrogen) atoms. The van der Waals surface area contributed by atoms with Gasteiger partial charge in [-0.15, -0.1) is 0 Å². The van der Waals surface area contributed by atoms with E-state index in [2.05, 4.69) is 0 Å². The molecule has 0 radical (unpaired) electrons. The maximum absolute atomic E-state index is 13.6. The van der Waals surface area contributed by atoms with Crippen molar-refractivity contribution in [2.45, 2.75) is 39.3 Å². The van der Waals surface area contributed by atoms with E-state index in [0.29, 0.717) is 23.6 Å². The zero-order chi connectivity index (χ0) is 25.2. The number of Topliss-reactive ketones (excluding diaryl/α,β-unsaturated/α-hetero) is 1. The molecular formula is C26H22ClF5O2. The van der Waals surface area contributed by atoms with Crippen LogP contribution in [0, 0.1) is 17.6 Å². The van der Waals surface area contributed by atoms with Gasteiger partial charge >= 0.3 is 6.18 Å². The molecule has 3 aromatic carbocycles. The molecule has 3 rings (SSSR count). The van der Waals surface area contributed by atoms with Crippen molar-refractivity contribution in [1.29, 1.82) is 0 Å². The predicted octanol–water partition coefficient (Wildman–Crippen LogP) is 8.82. The molecule has 0 spiro atoms. The molecule has 0 saturated heterocycles. The first-order valence-corrected chi connectivity index (χ1v) is 10.9. The van der Waals surface area contributed by atoms with Crippen molar-refractivity contribution in [3.8, 4) is 22.6 Å². The largest absolute Gasteiger partial charge is 0.457 e. The smallest absolute Gasteiger partial charge is 0.417 e. The first-order chi connectivity index (χ1) is 15.8. The first kappa shape index (κ1) is 25.7. The number of carbonyl (C=O) groups is 1. The normalized spacial score (nSPS) is 12.6. The molecule has 0 aliphatic heterocycles. The molecule has 1 unspecified atom stereocenters. The van der Waals surface area contributed by atoms with E-state index in [1.165, 1.54) is 19.1 Å². The van der Waals surface area contributed by atoms with Crippen LogP contribution in [-0.2, 0) is 11.0 Å². The number of benzene rings is 3. The van der Waals surface area contributed by atoms with E-state index >= 15 is 0 Å². The first-order valence-electron chi connectivity index (χ1n) is 10.5.